The summed E-state index contributed by atoms with van der Waals surface area (Å²) in [5.74, 6) is -1.84. The van der Waals surface area contributed by atoms with E-state index in [1.54, 1.807) is 48.5 Å². The number of aliphatic carboxylic acids is 1. The van der Waals surface area contributed by atoms with E-state index in [1.165, 1.54) is 0 Å². The number of hydrogen-bond donors (Lipinski definition) is 4. The number of benzene rings is 2. The van der Waals surface area contributed by atoms with Crippen molar-refractivity contribution in [1.82, 2.24) is 0 Å². The van der Waals surface area contributed by atoms with Crippen LogP contribution in [0.25, 0.3) is 0 Å². The Balaban J connectivity index is 2.04. The van der Waals surface area contributed by atoms with Gasteiger partial charge in [-0.25, -0.2) is 9.59 Å². The van der Waals surface area contributed by atoms with E-state index >= 15 is 0 Å². The summed E-state index contributed by atoms with van der Waals surface area (Å²) in [5, 5.41) is 16.3. The van der Waals surface area contributed by atoms with Crippen molar-refractivity contribution in [3.63, 3.8) is 0 Å². The minimum Gasteiger partial charge on any atom is -0.478 e. The van der Waals surface area contributed by atoms with Crippen LogP contribution in [0.3, 0.4) is 0 Å². The zero-order valence-corrected chi connectivity index (χ0v) is 12.5. The number of carbonyl (C=O) groups is 3. The van der Waals surface area contributed by atoms with E-state index in [1.807, 2.05) is 6.07 Å². The van der Waals surface area contributed by atoms with Gasteiger partial charge in [0.05, 0.1) is 11.4 Å². The lowest BCUT2D eigenvalue weighted by molar-refractivity contribution is -0.131. The lowest BCUT2D eigenvalue weighted by atomic mass is 10.2. The highest BCUT2D eigenvalue weighted by Gasteiger charge is 2.08. The van der Waals surface area contributed by atoms with E-state index in [0.29, 0.717) is 17.1 Å². The van der Waals surface area contributed by atoms with Crippen molar-refractivity contribution in [3.05, 3.63) is 66.7 Å². The molecule has 0 saturated carbocycles. The average Bonchev–Trinajstić information content (AvgIpc) is 2.55. The summed E-state index contributed by atoms with van der Waals surface area (Å²) in [7, 11) is 0. The average molecular weight is 325 g/mol. The van der Waals surface area contributed by atoms with E-state index < -0.39 is 17.9 Å². The van der Waals surface area contributed by atoms with Crippen LogP contribution in [0.2, 0.25) is 0 Å². The fraction of sp³-hybridized carbons (Fsp3) is 0. The molecule has 0 atom stereocenters. The van der Waals surface area contributed by atoms with Crippen LogP contribution in [-0.4, -0.2) is 23.0 Å². The van der Waals surface area contributed by atoms with Gasteiger partial charge in [-0.15, -0.1) is 0 Å². The molecule has 2 aromatic carbocycles. The van der Waals surface area contributed by atoms with Gasteiger partial charge in [0.15, 0.2) is 0 Å². The molecule has 0 bridgehead atoms. The Morgan fingerprint density at radius 3 is 1.96 bits per heavy atom. The van der Waals surface area contributed by atoms with Crippen LogP contribution in [0.5, 0.6) is 0 Å². The Morgan fingerprint density at radius 2 is 1.33 bits per heavy atom. The van der Waals surface area contributed by atoms with Gasteiger partial charge in [0, 0.05) is 17.8 Å². The maximum Gasteiger partial charge on any atom is 0.328 e. The van der Waals surface area contributed by atoms with Gasteiger partial charge in [-0.05, 0) is 24.3 Å². The Labute approximate surface area is 138 Å². The van der Waals surface area contributed by atoms with Crippen molar-refractivity contribution >= 4 is 35.0 Å². The highest BCUT2D eigenvalue weighted by Crippen LogP contribution is 2.21. The second-order valence-corrected chi connectivity index (χ2v) is 4.65. The topological polar surface area (TPSA) is 108 Å². The van der Waals surface area contributed by atoms with Crippen molar-refractivity contribution in [2.45, 2.75) is 0 Å². The van der Waals surface area contributed by atoms with Gasteiger partial charge >= 0.3 is 12.0 Å². The Morgan fingerprint density at radius 1 is 0.750 bits per heavy atom. The molecule has 0 aliphatic rings. The van der Waals surface area contributed by atoms with E-state index in [9.17, 15) is 14.4 Å². The van der Waals surface area contributed by atoms with Crippen LogP contribution < -0.4 is 16.0 Å². The molecule has 0 unspecified atom stereocenters. The SMILES string of the molecule is O=C(O)/C=C/C(=O)Nc1ccccc1NC(=O)Nc1ccccc1. The lowest BCUT2D eigenvalue weighted by Crippen LogP contribution is -2.20. The lowest BCUT2D eigenvalue weighted by Gasteiger charge is -2.12. The molecule has 0 heterocycles. The quantitative estimate of drug-likeness (QED) is 0.634. The first-order valence-corrected chi connectivity index (χ1v) is 6.98. The summed E-state index contributed by atoms with van der Waals surface area (Å²) in [6.45, 7) is 0. The third-order valence-corrected chi connectivity index (χ3v) is 2.84. The van der Waals surface area contributed by atoms with Crippen LogP contribution in [0, 0.1) is 0 Å². The molecular weight excluding hydrogens is 310 g/mol. The number of carbonyl (C=O) groups excluding carboxylic acids is 2. The minimum absolute atomic E-state index is 0.348. The first-order chi connectivity index (χ1) is 11.5. The van der Waals surface area contributed by atoms with Gasteiger partial charge in [0.25, 0.3) is 0 Å². The number of urea groups is 1. The van der Waals surface area contributed by atoms with Gasteiger partial charge in [-0.2, -0.15) is 0 Å². The Kier molecular flexibility index (Phi) is 5.68. The van der Waals surface area contributed by atoms with Gasteiger partial charge in [0.1, 0.15) is 0 Å². The largest absolute Gasteiger partial charge is 0.478 e. The zero-order chi connectivity index (χ0) is 17.4. The summed E-state index contributed by atoms with van der Waals surface area (Å²) in [6.07, 6.45) is 1.62. The van der Waals surface area contributed by atoms with Crippen LogP contribution in [0.1, 0.15) is 0 Å². The van der Waals surface area contributed by atoms with Crippen LogP contribution in [-0.2, 0) is 9.59 Å². The fourth-order valence-corrected chi connectivity index (χ4v) is 1.83. The number of para-hydroxylation sites is 3. The normalized spacial score (nSPS) is 10.2. The maximum absolute atomic E-state index is 12.0. The van der Waals surface area contributed by atoms with Gasteiger partial charge in [-0.3, -0.25) is 4.79 Å². The van der Waals surface area contributed by atoms with E-state index in [-0.39, 0.29) is 0 Å². The van der Waals surface area contributed by atoms with Crippen molar-refractivity contribution in [2.24, 2.45) is 0 Å². The first-order valence-electron chi connectivity index (χ1n) is 6.98. The fourth-order valence-electron chi connectivity index (χ4n) is 1.83. The van der Waals surface area contributed by atoms with E-state index in [4.69, 9.17) is 5.11 Å². The predicted molar refractivity (Wildman–Crippen MR) is 90.9 cm³/mol. The molecule has 0 fully saturated rings. The van der Waals surface area contributed by atoms with Crippen molar-refractivity contribution in [2.75, 3.05) is 16.0 Å². The van der Waals surface area contributed by atoms with Crippen molar-refractivity contribution < 1.29 is 19.5 Å². The molecule has 0 spiro atoms. The standard InChI is InChI=1S/C17H15N3O4/c21-15(10-11-16(22)23)19-13-8-4-5-9-14(13)20-17(24)18-12-6-2-1-3-7-12/h1-11H,(H,19,21)(H,22,23)(H2,18,20,24)/b11-10+. The third-order valence-electron chi connectivity index (χ3n) is 2.84. The maximum atomic E-state index is 12.0. The number of rotatable bonds is 5. The molecule has 122 valence electrons. The second-order valence-electron chi connectivity index (χ2n) is 4.65. The molecule has 0 radical (unpaired) electrons. The van der Waals surface area contributed by atoms with Gasteiger partial charge < -0.3 is 21.1 Å². The number of hydrogen-bond acceptors (Lipinski definition) is 3. The van der Waals surface area contributed by atoms with Gasteiger partial charge in [0.2, 0.25) is 5.91 Å². The Hall–Kier alpha value is -3.61. The zero-order valence-electron chi connectivity index (χ0n) is 12.5. The second kappa shape index (κ2) is 8.14. The Bertz CT molecular complexity index is 772. The molecule has 0 aliphatic carbocycles. The number of amides is 3. The molecule has 24 heavy (non-hydrogen) atoms. The van der Waals surface area contributed by atoms with Crippen LogP contribution in [0.4, 0.5) is 21.9 Å². The molecule has 7 nitrogen and oxygen atoms in total. The molecule has 0 saturated heterocycles. The minimum atomic E-state index is -1.22. The van der Waals surface area contributed by atoms with Crippen molar-refractivity contribution in [1.29, 1.82) is 0 Å². The van der Waals surface area contributed by atoms with Crippen LogP contribution >= 0.6 is 0 Å². The highest BCUT2D eigenvalue weighted by molar-refractivity contribution is 6.07. The highest BCUT2D eigenvalue weighted by atomic mass is 16.4. The first kappa shape index (κ1) is 16.8. The molecule has 0 aliphatic heterocycles. The summed E-state index contributed by atoms with van der Waals surface area (Å²) >= 11 is 0. The van der Waals surface area contributed by atoms with Gasteiger partial charge in [-0.1, -0.05) is 30.3 Å². The monoisotopic (exact) mass is 325 g/mol. The molecule has 0 aromatic heterocycles. The molecule has 4 N–H and O–H groups in total. The van der Waals surface area contributed by atoms with Crippen LogP contribution in [0.15, 0.2) is 66.7 Å². The summed E-state index contributed by atoms with van der Waals surface area (Å²) in [4.78, 5) is 34.1. The van der Waals surface area contributed by atoms with Crippen molar-refractivity contribution in [3.8, 4) is 0 Å². The predicted octanol–water partition coefficient (Wildman–Crippen LogP) is 2.91. The summed E-state index contributed by atoms with van der Waals surface area (Å²) < 4.78 is 0. The molecule has 2 rings (SSSR count). The number of anilines is 3. The van der Waals surface area contributed by atoms with E-state index in [0.717, 1.165) is 12.2 Å². The number of nitrogens with one attached hydrogen (secondary N) is 3. The third kappa shape index (κ3) is 5.30. The molecule has 2 aromatic rings. The summed E-state index contributed by atoms with van der Waals surface area (Å²) in [6, 6.07) is 15.0. The number of carboxylic acids is 1. The molecule has 7 heteroatoms. The smallest absolute Gasteiger partial charge is 0.328 e. The van der Waals surface area contributed by atoms with E-state index in [2.05, 4.69) is 16.0 Å². The summed E-state index contributed by atoms with van der Waals surface area (Å²) in [5.41, 5.74) is 1.35. The molecule has 3 amide bonds. The molecular formula is C17H15N3O4. The number of carboxylic acid groups (broad SMARTS) is 1.